The second kappa shape index (κ2) is 11.2. The van der Waals surface area contributed by atoms with Crippen molar-refractivity contribution in [3.8, 4) is 5.75 Å². The van der Waals surface area contributed by atoms with Gasteiger partial charge in [-0.15, -0.1) is 0 Å². The van der Waals surface area contributed by atoms with E-state index < -0.39 is 24.4 Å². The number of hydrogen-bond donors (Lipinski definition) is 2. The number of anilines is 1. The van der Waals surface area contributed by atoms with Crippen molar-refractivity contribution in [1.29, 1.82) is 0 Å². The van der Waals surface area contributed by atoms with Gasteiger partial charge < -0.3 is 24.7 Å². The molecule has 0 aliphatic heterocycles. The van der Waals surface area contributed by atoms with E-state index in [0.717, 1.165) is 22.0 Å². The summed E-state index contributed by atoms with van der Waals surface area (Å²) in [7, 11) is 1.51. The van der Waals surface area contributed by atoms with Crippen LogP contribution in [0.15, 0.2) is 79.0 Å². The van der Waals surface area contributed by atoms with E-state index in [4.69, 9.17) is 9.47 Å². The minimum absolute atomic E-state index is 0.274. The number of hydrogen-bond acceptors (Lipinski definition) is 5. The number of nitrogens with zero attached hydrogens (tertiary/aromatic N) is 1. The highest BCUT2D eigenvalue weighted by molar-refractivity contribution is 6.05. The fourth-order valence-electron chi connectivity index (χ4n) is 3.87. The van der Waals surface area contributed by atoms with Gasteiger partial charge in [0.25, 0.3) is 5.91 Å². The first-order chi connectivity index (χ1) is 17.4. The molecule has 8 heteroatoms. The number of rotatable bonds is 9. The van der Waals surface area contributed by atoms with E-state index >= 15 is 0 Å². The van der Waals surface area contributed by atoms with E-state index in [1.807, 2.05) is 72.2 Å². The maximum Gasteiger partial charge on any atom is 0.340 e. The van der Waals surface area contributed by atoms with Crippen LogP contribution in [0.25, 0.3) is 10.9 Å². The Labute approximate surface area is 208 Å². The van der Waals surface area contributed by atoms with Gasteiger partial charge in [0.1, 0.15) is 5.75 Å². The lowest BCUT2D eigenvalue weighted by atomic mass is 10.2. The summed E-state index contributed by atoms with van der Waals surface area (Å²) in [5, 5.41) is 5.91. The fourth-order valence-corrected chi connectivity index (χ4v) is 3.87. The highest BCUT2D eigenvalue weighted by Crippen LogP contribution is 2.25. The van der Waals surface area contributed by atoms with Gasteiger partial charge in [-0.05, 0) is 36.2 Å². The molecule has 1 aromatic heterocycles. The number of methoxy groups -OCH3 is 1. The van der Waals surface area contributed by atoms with Crippen LogP contribution in [0.5, 0.6) is 5.75 Å². The van der Waals surface area contributed by atoms with Gasteiger partial charge in [-0.25, -0.2) is 4.79 Å². The molecule has 0 atom stereocenters. The van der Waals surface area contributed by atoms with Crippen LogP contribution in [0.1, 0.15) is 21.5 Å². The first kappa shape index (κ1) is 24.5. The summed E-state index contributed by atoms with van der Waals surface area (Å²) in [5.41, 5.74) is 3.82. The molecule has 0 radical (unpaired) electrons. The number of para-hydroxylation sites is 1. The molecular weight excluding hydrogens is 458 g/mol. The number of ether oxygens (including phenoxy) is 2. The van der Waals surface area contributed by atoms with Crippen LogP contribution in [0.3, 0.4) is 0 Å². The first-order valence-corrected chi connectivity index (χ1v) is 11.4. The van der Waals surface area contributed by atoms with Gasteiger partial charge >= 0.3 is 5.97 Å². The first-order valence-electron chi connectivity index (χ1n) is 11.4. The molecule has 3 aromatic carbocycles. The Kier molecular flexibility index (Phi) is 7.65. The minimum Gasteiger partial charge on any atom is -0.495 e. The summed E-state index contributed by atoms with van der Waals surface area (Å²) in [6.07, 6.45) is 1.74. The van der Waals surface area contributed by atoms with E-state index in [0.29, 0.717) is 23.5 Å². The van der Waals surface area contributed by atoms with E-state index in [9.17, 15) is 14.4 Å². The molecule has 0 aliphatic carbocycles. The van der Waals surface area contributed by atoms with Gasteiger partial charge in [-0.2, -0.15) is 0 Å². The highest BCUT2D eigenvalue weighted by Gasteiger charge is 2.18. The molecule has 1 heterocycles. The van der Waals surface area contributed by atoms with Crippen LogP contribution in [-0.4, -0.2) is 42.6 Å². The number of esters is 1. The molecule has 8 nitrogen and oxygen atoms in total. The molecular formula is C28H27N3O5. The number of nitrogens with one attached hydrogen (secondary N) is 2. The summed E-state index contributed by atoms with van der Waals surface area (Å²) in [6, 6.07) is 22.8. The van der Waals surface area contributed by atoms with Crippen LogP contribution in [0, 0.1) is 6.92 Å². The van der Waals surface area contributed by atoms with Crippen LogP contribution in [0.2, 0.25) is 0 Å². The van der Waals surface area contributed by atoms with Gasteiger partial charge in [-0.3, -0.25) is 9.59 Å². The van der Waals surface area contributed by atoms with Crippen molar-refractivity contribution in [3.63, 3.8) is 0 Å². The Hall–Kier alpha value is -4.59. The molecule has 0 unspecified atom stereocenters. The topological polar surface area (TPSA) is 98.7 Å². The lowest BCUT2D eigenvalue weighted by Crippen LogP contribution is -2.35. The zero-order valence-corrected chi connectivity index (χ0v) is 20.1. The number of carbonyl (C=O) groups excluding carboxylic acids is 3. The number of aromatic nitrogens is 1. The molecule has 0 spiro atoms. The van der Waals surface area contributed by atoms with Gasteiger partial charge in [0.2, 0.25) is 5.91 Å². The van der Waals surface area contributed by atoms with Crippen LogP contribution in [0.4, 0.5) is 5.69 Å². The molecule has 2 N–H and O–H groups in total. The fraction of sp³-hybridized carbons (Fsp3) is 0.179. The minimum atomic E-state index is -0.609. The molecule has 0 saturated carbocycles. The Balaban J connectivity index is 1.34. The predicted octanol–water partition coefficient (Wildman–Crippen LogP) is 3.92. The van der Waals surface area contributed by atoms with Crippen molar-refractivity contribution in [1.82, 2.24) is 9.88 Å². The third kappa shape index (κ3) is 5.90. The molecule has 0 saturated heterocycles. The van der Waals surface area contributed by atoms with Crippen LogP contribution in [-0.2, 0) is 20.9 Å². The van der Waals surface area contributed by atoms with Crippen molar-refractivity contribution >= 4 is 34.4 Å². The second-order valence-electron chi connectivity index (χ2n) is 8.28. The molecule has 4 aromatic rings. The molecule has 184 valence electrons. The van der Waals surface area contributed by atoms with E-state index in [1.54, 1.807) is 18.3 Å². The van der Waals surface area contributed by atoms with E-state index in [2.05, 4.69) is 10.6 Å². The van der Waals surface area contributed by atoms with Crippen molar-refractivity contribution in [2.45, 2.75) is 13.5 Å². The van der Waals surface area contributed by atoms with Gasteiger partial charge in [0.15, 0.2) is 6.61 Å². The summed E-state index contributed by atoms with van der Waals surface area (Å²) < 4.78 is 12.5. The maximum atomic E-state index is 12.8. The lowest BCUT2D eigenvalue weighted by Gasteiger charge is -2.11. The average Bonchev–Trinajstić information content (AvgIpc) is 3.25. The molecule has 0 aliphatic rings. The van der Waals surface area contributed by atoms with Gasteiger partial charge in [-0.1, -0.05) is 54.6 Å². The summed E-state index contributed by atoms with van der Waals surface area (Å²) in [6.45, 7) is 1.71. The quantitative estimate of drug-likeness (QED) is 0.350. The van der Waals surface area contributed by atoms with Crippen LogP contribution < -0.4 is 15.4 Å². The summed E-state index contributed by atoms with van der Waals surface area (Å²) >= 11 is 0. The SMILES string of the molecule is COc1ccc(C)cc1NC(=O)CNC(=O)COC(=O)c1cn(Cc2ccccc2)c2ccccc12. The van der Waals surface area contributed by atoms with E-state index in [1.165, 1.54) is 7.11 Å². The average molecular weight is 486 g/mol. The summed E-state index contributed by atoms with van der Waals surface area (Å²) in [5.74, 6) is -1.10. The molecule has 0 fully saturated rings. The van der Waals surface area contributed by atoms with Crippen LogP contribution >= 0.6 is 0 Å². The van der Waals surface area contributed by atoms with Gasteiger partial charge in [0, 0.05) is 23.6 Å². The number of fused-ring (bicyclic) bond motifs is 1. The number of carbonyl (C=O) groups is 3. The predicted molar refractivity (Wildman–Crippen MR) is 137 cm³/mol. The maximum absolute atomic E-state index is 12.8. The largest absolute Gasteiger partial charge is 0.495 e. The Morgan fingerprint density at radius 2 is 1.67 bits per heavy atom. The standard InChI is InChI=1S/C28H27N3O5/c1-19-12-13-25(35-2)23(14-19)30-26(32)15-29-27(33)18-36-28(34)22-17-31(16-20-8-4-3-5-9-20)24-11-7-6-10-21(22)24/h3-14,17H,15-16,18H2,1-2H3,(H,29,33)(H,30,32). The molecule has 36 heavy (non-hydrogen) atoms. The molecule has 2 amide bonds. The normalized spacial score (nSPS) is 10.6. The third-order valence-corrected chi connectivity index (χ3v) is 5.61. The zero-order chi connectivity index (χ0) is 25.5. The smallest absolute Gasteiger partial charge is 0.340 e. The Bertz CT molecular complexity index is 1400. The van der Waals surface area contributed by atoms with Crippen molar-refractivity contribution in [3.05, 3.63) is 95.7 Å². The summed E-state index contributed by atoms with van der Waals surface area (Å²) in [4.78, 5) is 37.3. The Morgan fingerprint density at radius 3 is 2.44 bits per heavy atom. The number of amides is 2. The number of aryl methyl sites for hydroxylation is 1. The molecule has 4 rings (SSSR count). The van der Waals surface area contributed by atoms with E-state index in [-0.39, 0.29) is 6.54 Å². The highest BCUT2D eigenvalue weighted by atomic mass is 16.5. The van der Waals surface area contributed by atoms with Crippen molar-refractivity contribution in [2.24, 2.45) is 0 Å². The van der Waals surface area contributed by atoms with Crippen molar-refractivity contribution < 1.29 is 23.9 Å². The second-order valence-corrected chi connectivity index (χ2v) is 8.28. The van der Waals surface area contributed by atoms with Crippen molar-refractivity contribution in [2.75, 3.05) is 25.6 Å². The third-order valence-electron chi connectivity index (χ3n) is 5.61. The Morgan fingerprint density at radius 1 is 0.917 bits per heavy atom. The molecule has 0 bridgehead atoms. The van der Waals surface area contributed by atoms with Gasteiger partial charge in [0.05, 0.1) is 24.9 Å². The lowest BCUT2D eigenvalue weighted by molar-refractivity contribution is -0.126. The number of benzene rings is 3. The monoisotopic (exact) mass is 485 g/mol. The zero-order valence-electron chi connectivity index (χ0n) is 20.1.